The average Bonchev–Trinajstić information content (AvgIpc) is 2.72. The first-order chi connectivity index (χ1) is 14.0. The standard InChI is InChI=1S/C21H24F2N2O4/c1-2-25(13-17-14-27-18-5-3-4-6-19(18)28-17)21(26)24-12-11-15-7-9-16(10-8-15)29-20(22)23/h3-10,17,20H,2,11-14H2,1H3,(H,24,26). The number of urea groups is 1. The molecule has 1 N–H and O–H groups in total. The van der Waals surface area contributed by atoms with Crippen LogP contribution in [0.1, 0.15) is 12.5 Å². The molecular weight excluding hydrogens is 382 g/mol. The van der Waals surface area contributed by atoms with Crippen LogP contribution in [-0.2, 0) is 6.42 Å². The van der Waals surface area contributed by atoms with Gasteiger partial charge in [-0.05, 0) is 43.2 Å². The molecule has 1 unspecified atom stereocenters. The molecule has 1 aliphatic heterocycles. The zero-order valence-electron chi connectivity index (χ0n) is 16.1. The lowest BCUT2D eigenvalue weighted by Crippen LogP contribution is -2.47. The van der Waals surface area contributed by atoms with Gasteiger partial charge in [0.1, 0.15) is 12.4 Å². The molecule has 3 rings (SSSR count). The topological polar surface area (TPSA) is 60.0 Å². The van der Waals surface area contributed by atoms with Gasteiger partial charge in [-0.25, -0.2) is 4.79 Å². The third-order valence-corrected chi connectivity index (χ3v) is 4.50. The lowest BCUT2D eigenvalue weighted by Gasteiger charge is -2.31. The molecule has 0 aromatic heterocycles. The van der Waals surface area contributed by atoms with Crippen LogP contribution in [0.2, 0.25) is 0 Å². The van der Waals surface area contributed by atoms with Crippen LogP contribution >= 0.6 is 0 Å². The van der Waals surface area contributed by atoms with Crippen molar-refractivity contribution >= 4 is 6.03 Å². The van der Waals surface area contributed by atoms with Gasteiger partial charge in [0, 0.05) is 13.1 Å². The molecule has 6 nitrogen and oxygen atoms in total. The van der Waals surface area contributed by atoms with E-state index in [1.807, 2.05) is 31.2 Å². The first-order valence-electron chi connectivity index (χ1n) is 9.50. The number of ether oxygens (including phenoxy) is 3. The Labute approximate surface area is 168 Å². The number of nitrogens with one attached hydrogen (secondary N) is 1. The zero-order chi connectivity index (χ0) is 20.6. The summed E-state index contributed by atoms with van der Waals surface area (Å²) in [4.78, 5) is 14.1. The number of benzene rings is 2. The van der Waals surface area contributed by atoms with Crippen molar-refractivity contribution in [1.82, 2.24) is 10.2 Å². The van der Waals surface area contributed by atoms with Gasteiger partial charge in [-0.3, -0.25) is 0 Å². The van der Waals surface area contributed by atoms with Crippen molar-refractivity contribution in [3.63, 3.8) is 0 Å². The van der Waals surface area contributed by atoms with Crippen LogP contribution < -0.4 is 19.5 Å². The molecule has 0 aliphatic carbocycles. The predicted molar refractivity (Wildman–Crippen MR) is 104 cm³/mol. The molecule has 0 fully saturated rings. The summed E-state index contributed by atoms with van der Waals surface area (Å²) in [5.74, 6) is 1.50. The van der Waals surface area contributed by atoms with Gasteiger partial charge in [0.2, 0.25) is 0 Å². The van der Waals surface area contributed by atoms with Gasteiger partial charge in [-0.1, -0.05) is 24.3 Å². The van der Waals surface area contributed by atoms with Crippen molar-refractivity contribution in [3.05, 3.63) is 54.1 Å². The lowest BCUT2D eigenvalue weighted by atomic mass is 10.1. The molecular formula is C21H24F2N2O4. The van der Waals surface area contributed by atoms with Crippen molar-refractivity contribution in [1.29, 1.82) is 0 Å². The summed E-state index contributed by atoms with van der Waals surface area (Å²) in [6, 6.07) is 13.6. The molecule has 0 radical (unpaired) electrons. The Kier molecular flexibility index (Phi) is 7.10. The molecule has 2 aromatic rings. The predicted octanol–water partition coefficient (Wildman–Crippen LogP) is 3.70. The SMILES string of the molecule is CCN(CC1COc2ccccc2O1)C(=O)NCCc1ccc(OC(F)F)cc1. The highest BCUT2D eigenvalue weighted by Crippen LogP contribution is 2.31. The quantitative estimate of drug-likeness (QED) is 0.726. The fraction of sp³-hybridized carbons (Fsp3) is 0.381. The van der Waals surface area contributed by atoms with E-state index in [1.165, 1.54) is 12.1 Å². The molecule has 8 heteroatoms. The van der Waals surface area contributed by atoms with E-state index in [2.05, 4.69) is 10.1 Å². The maximum Gasteiger partial charge on any atom is 0.387 e. The number of carbonyl (C=O) groups excluding carboxylic acids is 1. The number of halogens is 2. The van der Waals surface area contributed by atoms with Crippen LogP contribution in [0.25, 0.3) is 0 Å². The Morgan fingerprint density at radius 1 is 1.21 bits per heavy atom. The molecule has 2 amide bonds. The second-order valence-corrected chi connectivity index (χ2v) is 6.54. The lowest BCUT2D eigenvalue weighted by molar-refractivity contribution is -0.0498. The maximum atomic E-state index is 12.5. The van der Waals surface area contributed by atoms with Crippen LogP contribution in [0.4, 0.5) is 13.6 Å². The first-order valence-corrected chi connectivity index (χ1v) is 9.50. The fourth-order valence-corrected chi connectivity index (χ4v) is 3.02. The largest absolute Gasteiger partial charge is 0.486 e. The summed E-state index contributed by atoms with van der Waals surface area (Å²) in [6.07, 6.45) is 0.340. The van der Waals surface area contributed by atoms with Gasteiger partial charge in [-0.15, -0.1) is 0 Å². The van der Waals surface area contributed by atoms with Gasteiger partial charge in [-0.2, -0.15) is 8.78 Å². The van der Waals surface area contributed by atoms with Crippen molar-refractivity contribution in [2.24, 2.45) is 0 Å². The van der Waals surface area contributed by atoms with Crippen LogP contribution in [0.3, 0.4) is 0 Å². The highest BCUT2D eigenvalue weighted by atomic mass is 19.3. The molecule has 0 spiro atoms. The van der Waals surface area contributed by atoms with Crippen molar-refractivity contribution < 1.29 is 27.8 Å². The summed E-state index contributed by atoms with van der Waals surface area (Å²) in [6.45, 7) is 0.818. The highest BCUT2D eigenvalue weighted by Gasteiger charge is 2.24. The summed E-state index contributed by atoms with van der Waals surface area (Å²) in [5.41, 5.74) is 0.913. The van der Waals surface area contributed by atoms with Gasteiger partial charge >= 0.3 is 12.6 Å². The molecule has 2 aromatic carbocycles. The Bertz CT molecular complexity index is 802. The Hall–Kier alpha value is -3.03. The smallest absolute Gasteiger partial charge is 0.387 e. The highest BCUT2D eigenvalue weighted by molar-refractivity contribution is 5.74. The van der Waals surface area contributed by atoms with Gasteiger partial charge in [0.25, 0.3) is 0 Å². The summed E-state index contributed by atoms with van der Waals surface area (Å²) in [7, 11) is 0. The summed E-state index contributed by atoms with van der Waals surface area (Å²) < 4.78 is 40.3. The number of rotatable bonds is 8. The molecule has 0 bridgehead atoms. The van der Waals surface area contributed by atoms with E-state index < -0.39 is 6.61 Å². The minimum absolute atomic E-state index is 0.112. The molecule has 1 atom stereocenters. The number of likely N-dealkylation sites (N-methyl/N-ethyl adjacent to an activating group) is 1. The van der Waals surface area contributed by atoms with E-state index in [0.717, 1.165) is 5.56 Å². The minimum Gasteiger partial charge on any atom is -0.486 e. The molecule has 1 aliphatic rings. The Morgan fingerprint density at radius 3 is 2.62 bits per heavy atom. The van der Waals surface area contributed by atoms with Crippen molar-refractivity contribution in [3.8, 4) is 17.2 Å². The van der Waals surface area contributed by atoms with Gasteiger partial charge in [0.05, 0.1) is 6.54 Å². The van der Waals surface area contributed by atoms with E-state index in [4.69, 9.17) is 9.47 Å². The Balaban J connectivity index is 1.44. The maximum absolute atomic E-state index is 12.5. The average molecular weight is 406 g/mol. The fourth-order valence-electron chi connectivity index (χ4n) is 3.02. The van der Waals surface area contributed by atoms with E-state index in [9.17, 15) is 13.6 Å². The zero-order valence-corrected chi connectivity index (χ0v) is 16.1. The summed E-state index contributed by atoms with van der Waals surface area (Å²) >= 11 is 0. The number of alkyl halides is 2. The van der Waals surface area contributed by atoms with E-state index in [0.29, 0.717) is 44.2 Å². The van der Waals surface area contributed by atoms with Gasteiger partial charge < -0.3 is 24.4 Å². The van der Waals surface area contributed by atoms with Crippen LogP contribution in [0, 0.1) is 0 Å². The number of amides is 2. The molecule has 156 valence electrons. The third kappa shape index (κ3) is 5.97. The number of hydrogen-bond acceptors (Lipinski definition) is 4. The van der Waals surface area contributed by atoms with Crippen LogP contribution in [0.15, 0.2) is 48.5 Å². The van der Waals surface area contributed by atoms with Crippen LogP contribution in [0.5, 0.6) is 17.2 Å². The van der Waals surface area contributed by atoms with E-state index in [1.54, 1.807) is 17.0 Å². The third-order valence-electron chi connectivity index (χ3n) is 4.50. The second kappa shape index (κ2) is 9.95. The number of nitrogens with zero attached hydrogens (tertiary/aromatic N) is 1. The number of hydrogen-bond donors (Lipinski definition) is 1. The summed E-state index contributed by atoms with van der Waals surface area (Å²) in [5, 5.41) is 2.88. The monoisotopic (exact) mass is 406 g/mol. The number of para-hydroxylation sites is 2. The van der Waals surface area contributed by atoms with Crippen LogP contribution in [-0.4, -0.2) is 49.9 Å². The van der Waals surface area contributed by atoms with Gasteiger partial charge in [0.15, 0.2) is 17.6 Å². The van der Waals surface area contributed by atoms with Crippen molar-refractivity contribution in [2.45, 2.75) is 26.1 Å². The number of carbonyl (C=O) groups is 1. The van der Waals surface area contributed by atoms with Crippen molar-refractivity contribution in [2.75, 3.05) is 26.2 Å². The molecule has 29 heavy (non-hydrogen) atoms. The molecule has 0 saturated heterocycles. The minimum atomic E-state index is -2.84. The van der Waals surface area contributed by atoms with E-state index >= 15 is 0 Å². The Morgan fingerprint density at radius 2 is 1.93 bits per heavy atom. The second-order valence-electron chi connectivity index (χ2n) is 6.54. The number of fused-ring (bicyclic) bond motifs is 1. The normalized spacial score (nSPS) is 15.1. The first kappa shape index (κ1) is 20.7. The molecule has 0 saturated carbocycles. The molecule has 1 heterocycles. The van der Waals surface area contributed by atoms with E-state index in [-0.39, 0.29) is 17.9 Å².